The number of nitrogens with two attached hydrogens (primary N) is 1. The Morgan fingerprint density at radius 3 is 2.60 bits per heavy atom. The maximum atomic E-state index is 12.6. The van der Waals surface area contributed by atoms with Gasteiger partial charge in [-0.05, 0) is 49.9 Å². The molecule has 0 saturated carbocycles. The minimum atomic E-state index is -3.49. The number of benzene rings is 1. The first-order chi connectivity index (χ1) is 9.45. The third kappa shape index (κ3) is 3.01. The highest BCUT2D eigenvalue weighted by molar-refractivity contribution is 7.89. The molecule has 0 unspecified atom stereocenters. The van der Waals surface area contributed by atoms with Crippen molar-refractivity contribution in [2.45, 2.75) is 30.7 Å². The maximum absolute atomic E-state index is 12.6. The average Bonchev–Trinajstić information content (AvgIpc) is 2.47. The summed E-state index contributed by atoms with van der Waals surface area (Å²) in [5.41, 5.74) is 6.35. The van der Waals surface area contributed by atoms with E-state index in [0.29, 0.717) is 18.7 Å². The Morgan fingerprint density at radius 2 is 2.05 bits per heavy atom. The Balaban J connectivity index is 2.23. The minimum absolute atomic E-state index is 0.00559. The fourth-order valence-corrected chi connectivity index (χ4v) is 4.01. The van der Waals surface area contributed by atoms with Gasteiger partial charge in [0.15, 0.2) is 0 Å². The van der Waals surface area contributed by atoms with Gasteiger partial charge in [-0.3, -0.25) is 0 Å². The van der Waals surface area contributed by atoms with Crippen molar-refractivity contribution in [3.8, 4) is 6.07 Å². The predicted molar refractivity (Wildman–Crippen MR) is 76.3 cm³/mol. The van der Waals surface area contributed by atoms with Gasteiger partial charge in [0.25, 0.3) is 0 Å². The molecule has 1 saturated heterocycles. The number of nitrogens with zero attached hydrogens (tertiary/aromatic N) is 2. The van der Waals surface area contributed by atoms with Gasteiger partial charge in [0, 0.05) is 19.1 Å². The second kappa shape index (κ2) is 5.92. The van der Waals surface area contributed by atoms with Crippen LogP contribution in [0.5, 0.6) is 0 Å². The van der Waals surface area contributed by atoms with Crippen molar-refractivity contribution in [2.75, 3.05) is 13.1 Å². The predicted octanol–water partition coefficient (Wildman–Crippen LogP) is 1.31. The molecule has 2 rings (SSSR count). The van der Waals surface area contributed by atoms with E-state index in [0.717, 1.165) is 12.8 Å². The molecule has 2 atom stereocenters. The monoisotopic (exact) mass is 293 g/mol. The van der Waals surface area contributed by atoms with Gasteiger partial charge in [0.2, 0.25) is 10.0 Å². The Bertz CT molecular complexity index is 602. The van der Waals surface area contributed by atoms with Crippen LogP contribution < -0.4 is 5.73 Å². The van der Waals surface area contributed by atoms with E-state index in [9.17, 15) is 8.42 Å². The summed E-state index contributed by atoms with van der Waals surface area (Å²) in [4.78, 5) is 0.238. The highest BCUT2D eigenvalue weighted by Crippen LogP contribution is 2.25. The lowest BCUT2D eigenvalue weighted by atomic mass is 9.93. The smallest absolute Gasteiger partial charge is 0.243 e. The molecule has 0 aromatic heterocycles. The summed E-state index contributed by atoms with van der Waals surface area (Å²) < 4.78 is 26.6. The molecule has 1 aliphatic heterocycles. The first kappa shape index (κ1) is 15.0. The molecular formula is C14H19N3O2S. The largest absolute Gasteiger partial charge is 0.328 e. The number of rotatable bonds is 3. The van der Waals surface area contributed by atoms with Gasteiger partial charge in [-0.1, -0.05) is 0 Å². The first-order valence-electron chi connectivity index (χ1n) is 6.71. The second-order valence-electron chi connectivity index (χ2n) is 5.26. The van der Waals surface area contributed by atoms with Gasteiger partial charge < -0.3 is 5.73 Å². The normalized spacial score (nSPS) is 22.1. The summed E-state index contributed by atoms with van der Waals surface area (Å²) in [6.07, 6.45) is 1.80. The van der Waals surface area contributed by atoms with E-state index in [1.807, 2.05) is 13.0 Å². The fourth-order valence-electron chi connectivity index (χ4n) is 2.47. The van der Waals surface area contributed by atoms with Crippen LogP contribution in [0.1, 0.15) is 25.3 Å². The van der Waals surface area contributed by atoms with E-state index >= 15 is 0 Å². The van der Waals surface area contributed by atoms with E-state index < -0.39 is 10.0 Å². The van der Waals surface area contributed by atoms with Gasteiger partial charge >= 0.3 is 0 Å². The molecule has 1 aliphatic rings. The van der Waals surface area contributed by atoms with E-state index in [1.54, 1.807) is 0 Å². The van der Waals surface area contributed by atoms with Gasteiger partial charge in [-0.15, -0.1) is 0 Å². The third-order valence-electron chi connectivity index (χ3n) is 3.79. The molecule has 1 aromatic carbocycles. The lowest BCUT2D eigenvalue weighted by Gasteiger charge is -2.33. The zero-order chi connectivity index (χ0) is 14.8. The van der Waals surface area contributed by atoms with Crippen molar-refractivity contribution < 1.29 is 8.42 Å². The lowest BCUT2D eigenvalue weighted by Crippen LogP contribution is -2.44. The number of nitriles is 1. The highest BCUT2D eigenvalue weighted by atomic mass is 32.2. The van der Waals surface area contributed by atoms with E-state index in [-0.39, 0.29) is 16.9 Å². The Morgan fingerprint density at radius 1 is 1.40 bits per heavy atom. The van der Waals surface area contributed by atoms with Gasteiger partial charge in [-0.2, -0.15) is 9.57 Å². The molecule has 0 amide bonds. The van der Waals surface area contributed by atoms with Crippen LogP contribution in [0.25, 0.3) is 0 Å². The number of hydrogen-bond donors (Lipinski definition) is 1. The number of hydrogen-bond acceptors (Lipinski definition) is 4. The average molecular weight is 293 g/mol. The van der Waals surface area contributed by atoms with E-state index in [2.05, 4.69) is 0 Å². The summed E-state index contributed by atoms with van der Waals surface area (Å²) >= 11 is 0. The van der Waals surface area contributed by atoms with Gasteiger partial charge in [0.05, 0.1) is 16.5 Å². The summed E-state index contributed by atoms with van der Waals surface area (Å²) in [6.45, 7) is 2.92. The summed E-state index contributed by atoms with van der Waals surface area (Å²) in [7, 11) is -3.49. The molecule has 5 nitrogen and oxygen atoms in total. The van der Waals surface area contributed by atoms with Gasteiger partial charge in [0.1, 0.15) is 0 Å². The van der Waals surface area contributed by atoms with Crippen LogP contribution in [0.3, 0.4) is 0 Å². The molecule has 0 radical (unpaired) electrons. The van der Waals surface area contributed by atoms with Crippen LogP contribution >= 0.6 is 0 Å². The fraction of sp³-hybridized carbons (Fsp3) is 0.500. The molecule has 0 bridgehead atoms. The second-order valence-corrected chi connectivity index (χ2v) is 7.20. The Labute approximate surface area is 120 Å². The van der Waals surface area contributed by atoms with Crippen molar-refractivity contribution in [1.82, 2.24) is 4.31 Å². The Kier molecular flexibility index (Phi) is 4.43. The SMILES string of the molecule is C[C@@H](N)[C@H]1CCCN(S(=O)(=O)c2ccc(C#N)cc2)C1. The minimum Gasteiger partial charge on any atom is -0.328 e. The molecule has 0 spiro atoms. The molecule has 2 N–H and O–H groups in total. The van der Waals surface area contributed by atoms with E-state index in [4.69, 9.17) is 11.0 Å². The Hall–Kier alpha value is -1.42. The first-order valence-corrected chi connectivity index (χ1v) is 8.15. The van der Waals surface area contributed by atoms with Crippen LogP contribution in [0.15, 0.2) is 29.2 Å². The number of sulfonamides is 1. The summed E-state index contributed by atoms with van der Waals surface area (Å²) in [5.74, 6) is 0.205. The van der Waals surface area contributed by atoms with Crippen molar-refractivity contribution in [2.24, 2.45) is 11.7 Å². The van der Waals surface area contributed by atoms with Crippen LogP contribution in [0.2, 0.25) is 0 Å². The lowest BCUT2D eigenvalue weighted by molar-refractivity contribution is 0.243. The molecule has 20 heavy (non-hydrogen) atoms. The van der Waals surface area contributed by atoms with Crippen LogP contribution in [0.4, 0.5) is 0 Å². The highest BCUT2D eigenvalue weighted by Gasteiger charge is 2.31. The van der Waals surface area contributed by atoms with Crippen molar-refractivity contribution in [3.63, 3.8) is 0 Å². The molecular weight excluding hydrogens is 274 g/mol. The summed E-state index contributed by atoms with van der Waals surface area (Å²) in [5, 5.41) is 8.75. The van der Waals surface area contributed by atoms with Crippen LogP contribution in [-0.2, 0) is 10.0 Å². The molecule has 108 valence electrons. The summed E-state index contributed by atoms with van der Waals surface area (Å²) in [6, 6.07) is 8.01. The topological polar surface area (TPSA) is 87.2 Å². The van der Waals surface area contributed by atoms with Crippen LogP contribution in [0, 0.1) is 17.2 Å². The molecule has 1 aromatic rings. The molecule has 6 heteroatoms. The molecule has 1 fully saturated rings. The van der Waals surface area contributed by atoms with Crippen molar-refractivity contribution in [3.05, 3.63) is 29.8 Å². The molecule has 1 heterocycles. The quantitative estimate of drug-likeness (QED) is 0.910. The number of piperidine rings is 1. The maximum Gasteiger partial charge on any atom is 0.243 e. The third-order valence-corrected chi connectivity index (χ3v) is 5.66. The van der Waals surface area contributed by atoms with Gasteiger partial charge in [-0.25, -0.2) is 8.42 Å². The van der Waals surface area contributed by atoms with Crippen molar-refractivity contribution in [1.29, 1.82) is 5.26 Å². The molecule has 0 aliphatic carbocycles. The standard InChI is InChI=1S/C14H19N3O2S/c1-11(16)13-3-2-8-17(10-13)20(18,19)14-6-4-12(9-15)5-7-14/h4-7,11,13H,2-3,8,10,16H2,1H3/t11-,13+/m1/s1. The van der Waals surface area contributed by atoms with Crippen molar-refractivity contribution >= 4 is 10.0 Å². The zero-order valence-corrected chi connectivity index (χ0v) is 12.3. The van der Waals surface area contributed by atoms with Crippen LogP contribution in [-0.4, -0.2) is 31.9 Å². The zero-order valence-electron chi connectivity index (χ0n) is 11.5. The van der Waals surface area contributed by atoms with E-state index in [1.165, 1.54) is 28.6 Å².